The van der Waals surface area contributed by atoms with Gasteiger partial charge in [0.25, 0.3) is 5.91 Å². The summed E-state index contributed by atoms with van der Waals surface area (Å²) in [4.78, 5) is 17.3. The Balaban J connectivity index is 1.16. The second-order valence-corrected chi connectivity index (χ2v) is 8.00. The number of nitrogens with one attached hydrogen (secondary N) is 1. The van der Waals surface area contributed by atoms with E-state index in [2.05, 4.69) is 40.3 Å². The lowest BCUT2D eigenvalue weighted by Crippen LogP contribution is -2.31. The number of hydrogen-bond donors (Lipinski definition) is 1. The summed E-state index contributed by atoms with van der Waals surface area (Å²) in [6, 6.07) is 13.4. The Kier molecular flexibility index (Phi) is 4.86. The summed E-state index contributed by atoms with van der Waals surface area (Å²) in [5.41, 5.74) is 2.52. The number of carbonyl (C=O) groups is 1. The molecule has 7 heteroatoms. The molecule has 1 N–H and O–H groups in total. The predicted molar refractivity (Wildman–Crippen MR) is 112 cm³/mol. The number of benzene rings is 1. The molecule has 0 aliphatic heterocycles. The lowest BCUT2D eigenvalue weighted by atomic mass is 9.81. The predicted octanol–water partition coefficient (Wildman–Crippen LogP) is 4.53. The van der Waals surface area contributed by atoms with Gasteiger partial charge in [-0.05, 0) is 55.9 Å². The van der Waals surface area contributed by atoms with Crippen LogP contribution in [0.4, 0.5) is 0 Å². The van der Waals surface area contributed by atoms with Gasteiger partial charge in [0, 0.05) is 25.6 Å². The molecule has 30 heavy (non-hydrogen) atoms. The molecule has 154 valence electrons. The summed E-state index contributed by atoms with van der Waals surface area (Å²) in [5.74, 6) is 2.91. The number of hydrogen-bond acceptors (Lipinski definition) is 5. The Labute approximate surface area is 174 Å². The molecule has 0 bridgehead atoms. The number of aryl methyl sites for hydroxylation is 1. The monoisotopic (exact) mass is 404 g/mol. The molecule has 0 spiro atoms. The van der Waals surface area contributed by atoms with Gasteiger partial charge in [-0.3, -0.25) is 4.79 Å². The van der Waals surface area contributed by atoms with E-state index in [0.29, 0.717) is 29.9 Å². The fraction of sp³-hybridized carbons (Fsp3) is 0.348. The van der Waals surface area contributed by atoms with Crippen LogP contribution in [0.3, 0.4) is 0 Å². The van der Waals surface area contributed by atoms with Crippen LogP contribution in [0.25, 0.3) is 22.6 Å². The van der Waals surface area contributed by atoms with Gasteiger partial charge in [-0.15, -0.1) is 0 Å². The maximum absolute atomic E-state index is 12.4. The Bertz CT molecular complexity index is 1150. The molecule has 3 aromatic heterocycles. The molecular weight excluding hydrogens is 380 g/mol. The van der Waals surface area contributed by atoms with Crippen molar-refractivity contribution in [1.29, 1.82) is 0 Å². The molecule has 0 radical (unpaired) electrons. The summed E-state index contributed by atoms with van der Waals surface area (Å²) < 4.78 is 12.7. The summed E-state index contributed by atoms with van der Waals surface area (Å²) in [7, 11) is 2.10. The van der Waals surface area contributed by atoms with Gasteiger partial charge in [0.2, 0.25) is 5.76 Å². The standard InChI is InChI=1S/C23H24N4O3/c1-27-19-6-3-2-5-17(19)25-22(27)16-10-8-15(9-11-16)14-24-23(28)18-13-21(30-26-18)20-7-4-12-29-20/h2-7,12-13,15-16H,8-11,14H2,1H3,(H,24,28). The average molecular weight is 404 g/mol. The fourth-order valence-corrected chi connectivity index (χ4v) is 4.40. The third kappa shape index (κ3) is 3.51. The summed E-state index contributed by atoms with van der Waals surface area (Å²) in [6.07, 6.45) is 5.88. The van der Waals surface area contributed by atoms with Crippen molar-refractivity contribution in [3.8, 4) is 11.5 Å². The molecular formula is C23H24N4O3. The van der Waals surface area contributed by atoms with Crippen LogP contribution in [-0.2, 0) is 7.05 Å². The number of carbonyl (C=O) groups excluding carboxylic acids is 1. The van der Waals surface area contributed by atoms with Gasteiger partial charge in [0.05, 0.1) is 17.3 Å². The van der Waals surface area contributed by atoms with Crippen LogP contribution in [0.2, 0.25) is 0 Å². The zero-order valence-corrected chi connectivity index (χ0v) is 16.9. The Morgan fingerprint density at radius 3 is 2.73 bits per heavy atom. The topological polar surface area (TPSA) is 86.1 Å². The Hall–Kier alpha value is -3.35. The maximum Gasteiger partial charge on any atom is 0.273 e. The smallest absolute Gasteiger partial charge is 0.273 e. The SMILES string of the molecule is Cn1c(C2CCC(CNC(=O)c3cc(-c4ccco4)on3)CC2)nc2ccccc21. The molecule has 1 fully saturated rings. The van der Waals surface area contributed by atoms with Crippen LogP contribution in [0, 0.1) is 5.92 Å². The van der Waals surface area contributed by atoms with Gasteiger partial charge >= 0.3 is 0 Å². The van der Waals surface area contributed by atoms with E-state index in [1.165, 1.54) is 11.3 Å². The van der Waals surface area contributed by atoms with E-state index in [4.69, 9.17) is 13.9 Å². The van der Waals surface area contributed by atoms with Gasteiger partial charge < -0.3 is 18.8 Å². The average Bonchev–Trinajstić information content (AvgIpc) is 3.53. The molecule has 0 saturated heterocycles. The van der Waals surface area contributed by atoms with Gasteiger partial charge in [-0.25, -0.2) is 4.98 Å². The van der Waals surface area contributed by atoms with E-state index < -0.39 is 0 Å². The van der Waals surface area contributed by atoms with Crippen LogP contribution >= 0.6 is 0 Å². The van der Waals surface area contributed by atoms with E-state index in [1.807, 2.05) is 6.07 Å². The van der Waals surface area contributed by atoms with Crippen molar-refractivity contribution in [3.63, 3.8) is 0 Å². The van der Waals surface area contributed by atoms with Crippen LogP contribution < -0.4 is 5.32 Å². The van der Waals surface area contributed by atoms with Gasteiger partial charge in [0.1, 0.15) is 5.82 Å². The minimum Gasteiger partial charge on any atom is -0.461 e. The molecule has 4 aromatic rings. The molecule has 0 unspecified atom stereocenters. The molecule has 7 nitrogen and oxygen atoms in total. The number of amides is 1. The minimum atomic E-state index is -0.214. The quantitative estimate of drug-likeness (QED) is 0.528. The first-order valence-electron chi connectivity index (χ1n) is 10.4. The van der Waals surface area contributed by atoms with Crippen LogP contribution in [0.15, 0.2) is 57.7 Å². The van der Waals surface area contributed by atoms with E-state index in [0.717, 1.165) is 31.2 Å². The Morgan fingerprint density at radius 1 is 1.13 bits per heavy atom. The van der Waals surface area contributed by atoms with Crippen molar-refractivity contribution >= 4 is 16.9 Å². The van der Waals surface area contributed by atoms with E-state index >= 15 is 0 Å². The highest BCUT2D eigenvalue weighted by Crippen LogP contribution is 2.36. The number of fused-ring (bicyclic) bond motifs is 1. The van der Waals surface area contributed by atoms with Crippen molar-refractivity contribution in [2.24, 2.45) is 13.0 Å². The molecule has 3 heterocycles. The van der Waals surface area contributed by atoms with Gasteiger partial charge in [-0.1, -0.05) is 17.3 Å². The van der Waals surface area contributed by atoms with Gasteiger partial charge in [0.15, 0.2) is 11.5 Å². The van der Waals surface area contributed by atoms with Crippen LogP contribution in [0.1, 0.15) is 47.9 Å². The molecule has 1 amide bonds. The number of furan rings is 1. The second-order valence-electron chi connectivity index (χ2n) is 8.00. The van der Waals surface area contributed by atoms with Crippen molar-refractivity contribution in [2.75, 3.05) is 6.54 Å². The summed E-state index contributed by atoms with van der Waals surface area (Å²) in [5, 5.41) is 6.86. The van der Waals surface area contributed by atoms with Crippen LogP contribution in [0.5, 0.6) is 0 Å². The Morgan fingerprint density at radius 2 is 1.97 bits per heavy atom. The van der Waals surface area contributed by atoms with Crippen molar-refractivity contribution in [1.82, 2.24) is 20.0 Å². The number of para-hydroxylation sites is 2. The second kappa shape index (κ2) is 7.82. The number of aromatic nitrogens is 3. The maximum atomic E-state index is 12.4. The first kappa shape index (κ1) is 18.7. The highest BCUT2D eigenvalue weighted by Gasteiger charge is 2.26. The fourth-order valence-electron chi connectivity index (χ4n) is 4.40. The highest BCUT2D eigenvalue weighted by atomic mass is 16.5. The number of nitrogens with zero attached hydrogens (tertiary/aromatic N) is 3. The van der Waals surface area contributed by atoms with E-state index in [9.17, 15) is 4.79 Å². The van der Waals surface area contributed by atoms with Crippen molar-refractivity contribution < 1.29 is 13.7 Å². The van der Waals surface area contributed by atoms with Gasteiger partial charge in [-0.2, -0.15) is 0 Å². The molecule has 1 aliphatic rings. The lowest BCUT2D eigenvalue weighted by Gasteiger charge is -2.28. The van der Waals surface area contributed by atoms with Crippen molar-refractivity contribution in [3.05, 3.63) is 60.2 Å². The highest BCUT2D eigenvalue weighted by molar-refractivity contribution is 5.92. The molecule has 0 atom stereocenters. The normalized spacial score (nSPS) is 19.2. The number of imidazole rings is 1. The summed E-state index contributed by atoms with van der Waals surface area (Å²) in [6.45, 7) is 0.650. The number of rotatable bonds is 5. The minimum absolute atomic E-state index is 0.214. The largest absolute Gasteiger partial charge is 0.461 e. The lowest BCUT2D eigenvalue weighted by molar-refractivity contribution is 0.0933. The molecule has 5 rings (SSSR count). The third-order valence-corrected chi connectivity index (χ3v) is 6.09. The van der Waals surface area contributed by atoms with Crippen molar-refractivity contribution in [2.45, 2.75) is 31.6 Å². The third-order valence-electron chi connectivity index (χ3n) is 6.09. The zero-order chi connectivity index (χ0) is 20.5. The first-order valence-corrected chi connectivity index (χ1v) is 10.4. The molecule has 1 saturated carbocycles. The van der Waals surface area contributed by atoms with Crippen LogP contribution in [-0.4, -0.2) is 27.2 Å². The summed E-state index contributed by atoms with van der Waals surface area (Å²) >= 11 is 0. The zero-order valence-electron chi connectivity index (χ0n) is 16.9. The molecule has 1 aliphatic carbocycles. The molecule has 1 aromatic carbocycles. The van der Waals surface area contributed by atoms with E-state index in [-0.39, 0.29) is 11.6 Å². The first-order chi connectivity index (χ1) is 14.7. The van der Waals surface area contributed by atoms with E-state index in [1.54, 1.807) is 24.5 Å².